The van der Waals surface area contributed by atoms with Gasteiger partial charge in [-0.3, -0.25) is 29.2 Å². The molecule has 6 unspecified atom stereocenters. The molecular formula is C115H123BrCl5F3N16O9S. The summed E-state index contributed by atoms with van der Waals surface area (Å²) in [6.45, 7) is 20.1. The molecule has 0 radical (unpaired) electrons. The van der Waals surface area contributed by atoms with Crippen LogP contribution in [0.1, 0.15) is 160 Å². The number of rotatable bonds is 25. The van der Waals surface area contributed by atoms with Crippen molar-refractivity contribution in [1.29, 1.82) is 0 Å². The number of ether oxygens (including phenoxy) is 6. The summed E-state index contributed by atoms with van der Waals surface area (Å²) in [6, 6.07) is 65.6. The number of hydrogen-bond donors (Lipinski definition) is 7. The average Bonchev–Trinajstić information content (AvgIpc) is 1.60. The molecular weight excluding hydrogens is 2100 g/mol. The molecule has 25 nitrogen and oxygen atoms in total. The van der Waals surface area contributed by atoms with Gasteiger partial charge in [0.15, 0.2) is 0 Å². The van der Waals surface area contributed by atoms with Gasteiger partial charge in [-0.1, -0.05) is 147 Å². The van der Waals surface area contributed by atoms with Crippen molar-refractivity contribution in [3.8, 4) is 17.2 Å². The summed E-state index contributed by atoms with van der Waals surface area (Å²) in [5.41, 5.74) is 21.4. The number of amides is 3. The highest BCUT2D eigenvalue weighted by molar-refractivity contribution is 9.10. The number of aromatic amines is 5. The number of carbonyl (C=O) groups excluding carboxylic acids is 3. The van der Waals surface area contributed by atoms with Crippen molar-refractivity contribution >= 4 is 158 Å². The van der Waals surface area contributed by atoms with Crippen LogP contribution in [0.15, 0.2) is 229 Å². The molecule has 35 heteroatoms. The molecule has 6 aliphatic heterocycles. The van der Waals surface area contributed by atoms with E-state index in [1.54, 1.807) is 47.2 Å². The first-order valence-electron chi connectivity index (χ1n) is 51.0. The van der Waals surface area contributed by atoms with Crippen LogP contribution in [0.4, 0.5) is 27.6 Å². The predicted molar refractivity (Wildman–Crippen MR) is 596 cm³/mol. The first-order valence-corrected chi connectivity index (χ1v) is 54.9. The van der Waals surface area contributed by atoms with Crippen LogP contribution in [0, 0.1) is 0 Å². The van der Waals surface area contributed by atoms with Crippen LogP contribution >= 0.6 is 85.7 Å². The largest absolute Gasteiger partial charge is 0.494 e. The molecule has 6 aromatic heterocycles. The van der Waals surface area contributed by atoms with Crippen molar-refractivity contribution in [3.63, 3.8) is 0 Å². The van der Waals surface area contributed by atoms with E-state index in [1.807, 2.05) is 128 Å². The minimum Gasteiger partial charge on any atom is -0.494 e. The first kappa shape index (κ1) is 108. The van der Waals surface area contributed by atoms with E-state index < -0.39 is 23.9 Å². The standard InChI is InChI=1S/C28H35ClN4O3.C25H17BrClF3N2O2.C25H26ClN5O3.C22H26ClN3O.C15H19ClN2S/c1-3-36-28(34)33-10-9-23-24-18-22(29)7-8-25(24)30-26(23)27(33)21-6-4-5-20(17-21)19-32-13-11-31(12-14-32)15-16-35-2;26-16-5-10-21-20(13-16)19-11-12-32(24(33)34-18-8-6-17(27)7-9-18)23(22(19)31-21)14-1-3-15(4-2-14)25(28,29)30;1-2-33-25(32)31-13-10-20-21-16-18(26)6-9-22(21)28-23(20)24(31)17-4-7-19(8-5-17)34-15-3-12-30-14-11-27-29-30;1-26(2)12-3-13-27-17-7-4-15(5-8-17)21-22-18(10-11-24-21)19-14-16(23)6-9-20(19)25-22;1-9(19-2)7-14-15-11(5-6-17-14)12-8-10(16)3-4-13(12)18-15/h4-8,17-18,27,30H,3,9-16,19H2,1-2H3;1-10,13,23,31H,11-12H2;4-9,11,14,16,24,28H,2-3,10,12-13,15H2,1H3;4-9,14,21,24-25H,3,10-13H2,1-2H3;3-4,8-9,14,17-18H,5-7H2,1-2H3. The van der Waals surface area contributed by atoms with Gasteiger partial charge in [0.2, 0.25) is 0 Å². The molecule has 7 N–H and O–H groups in total. The van der Waals surface area contributed by atoms with Crippen LogP contribution in [0.5, 0.6) is 17.2 Å². The molecule has 12 heterocycles. The van der Waals surface area contributed by atoms with Gasteiger partial charge in [-0.2, -0.15) is 24.9 Å². The molecule has 1 saturated heterocycles. The number of carbonyl (C=O) groups is 3. The van der Waals surface area contributed by atoms with Gasteiger partial charge in [0.1, 0.15) is 35.4 Å². The molecule has 6 aliphatic rings. The number of H-pyrrole nitrogens is 5. The van der Waals surface area contributed by atoms with Gasteiger partial charge in [0.25, 0.3) is 0 Å². The molecule has 786 valence electrons. The first-order chi connectivity index (χ1) is 72.7. The Hall–Kier alpha value is -11.7. The maximum atomic E-state index is 13.2. The highest BCUT2D eigenvalue weighted by atomic mass is 79.9. The Kier molecular flexibility index (Phi) is 35.9. The summed E-state index contributed by atoms with van der Waals surface area (Å²) in [5.74, 6) is 2.04. The second kappa shape index (κ2) is 49.8. The number of hydrogen-bond acceptors (Lipinski definition) is 17. The number of halogens is 9. The summed E-state index contributed by atoms with van der Waals surface area (Å²) in [7, 11) is 5.92. The molecule has 10 aromatic carbocycles. The normalized spacial score (nSPS) is 17.2. The van der Waals surface area contributed by atoms with Crippen molar-refractivity contribution in [1.82, 2.24) is 79.9 Å². The maximum absolute atomic E-state index is 13.2. The van der Waals surface area contributed by atoms with Gasteiger partial charge in [0, 0.05) is 222 Å². The highest BCUT2D eigenvalue weighted by Crippen LogP contribution is 2.47. The number of aromatic nitrogens is 8. The number of thioether (sulfide) groups is 1. The van der Waals surface area contributed by atoms with E-state index in [2.05, 4.69) is 177 Å². The van der Waals surface area contributed by atoms with E-state index in [9.17, 15) is 27.6 Å². The SMILES string of the molecule is CCOC(=O)N1CCc2c([nH]c3ccc(Cl)cc23)C1c1ccc(OCCCn2ccnn2)cc1.CCOC(=O)N1CCc2c([nH]c3ccc(Cl)cc23)C1c1cccc(CN2CCN(CCOC)CC2)c1.CN(C)CCCOc1ccc(C2NCCc3c2[nH]c2ccc(Cl)cc32)cc1.CSC(C)CC1NCCc2c1[nH]c1ccc(Cl)cc21.O=C(Oc1ccc(Cl)cc1)N1CCc2c([nH]c3ccc(Br)cc23)C1c1ccc(C(F)(F)F)cc1. The van der Waals surface area contributed by atoms with Gasteiger partial charge in [-0.25, -0.2) is 14.4 Å². The van der Waals surface area contributed by atoms with Crippen LogP contribution in [-0.2, 0) is 65.6 Å². The second-order valence-electron chi connectivity index (χ2n) is 38.5. The Labute approximate surface area is 908 Å². The van der Waals surface area contributed by atoms with Crippen LogP contribution in [0.2, 0.25) is 25.1 Å². The van der Waals surface area contributed by atoms with Gasteiger partial charge in [0.05, 0.1) is 50.8 Å². The third-order valence-corrected chi connectivity index (χ3v) is 31.1. The number of fused-ring (bicyclic) bond motifs is 15. The van der Waals surface area contributed by atoms with Crippen LogP contribution in [0.3, 0.4) is 0 Å². The summed E-state index contributed by atoms with van der Waals surface area (Å²) < 4.78 is 75.5. The summed E-state index contributed by atoms with van der Waals surface area (Å²) >= 11 is 36.3. The Bertz CT molecular complexity index is 7330. The summed E-state index contributed by atoms with van der Waals surface area (Å²) in [5, 5.41) is 25.0. The van der Waals surface area contributed by atoms with Crippen molar-refractivity contribution in [2.45, 2.75) is 127 Å². The van der Waals surface area contributed by atoms with E-state index in [-0.39, 0.29) is 30.3 Å². The quantitative estimate of drug-likeness (QED) is 0.0262. The molecule has 0 saturated carbocycles. The molecule has 16 aromatic rings. The lowest BCUT2D eigenvalue weighted by atomic mass is 9.92. The van der Waals surface area contributed by atoms with Crippen LogP contribution in [0.25, 0.3) is 54.5 Å². The maximum Gasteiger partial charge on any atom is 0.416 e. The molecule has 3 amide bonds. The number of nitrogens with one attached hydrogen (secondary N) is 7. The third-order valence-electron chi connectivity index (χ3n) is 28.4. The molecule has 0 bridgehead atoms. The number of piperazine rings is 1. The average molecular weight is 2220 g/mol. The molecule has 0 aliphatic carbocycles. The Balaban J connectivity index is 0.000000124. The molecule has 150 heavy (non-hydrogen) atoms. The smallest absolute Gasteiger partial charge is 0.416 e. The number of nitrogens with zero attached hydrogens (tertiary/aromatic N) is 9. The fourth-order valence-corrected chi connectivity index (χ4v) is 22.6. The minimum atomic E-state index is -4.45. The lowest BCUT2D eigenvalue weighted by molar-refractivity contribution is -0.137. The predicted octanol–water partition coefficient (Wildman–Crippen LogP) is 26.0. The monoisotopic (exact) mass is 2210 g/mol. The summed E-state index contributed by atoms with van der Waals surface area (Å²) in [6.07, 6.45) is 7.21. The van der Waals surface area contributed by atoms with Crippen molar-refractivity contribution < 1.29 is 56.0 Å². The Morgan fingerprint density at radius 3 is 1.43 bits per heavy atom. The lowest BCUT2D eigenvalue weighted by Crippen LogP contribution is -2.46. The number of methoxy groups -OCH3 is 1. The van der Waals surface area contributed by atoms with E-state index in [0.717, 1.165) is 239 Å². The third kappa shape index (κ3) is 25.7. The minimum absolute atomic E-state index is 0.169. The highest BCUT2D eigenvalue weighted by Gasteiger charge is 2.41. The molecule has 22 rings (SSSR count). The van der Waals surface area contributed by atoms with E-state index >= 15 is 0 Å². The number of aryl methyl sites for hydroxylation is 1. The van der Waals surface area contributed by atoms with Gasteiger partial charge in [-0.15, -0.1) is 5.10 Å². The fourth-order valence-electron chi connectivity index (χ4n) is 21.1. The zero-order valence-corrected chi connectivity index (χ0v) is 90.9. The van der Waals surface area contributed by atoms with Crippen LogP contribution < -0.4 is 24.8 Å². The van der Waals surface area contributed by atoms with E-state index in [4.69, 9.17) is 86.4 Å². The zero-order chi connectivity index (χ0) is 105. The van der Waals surface area contributed by atoms with E-state index in [0.29, 0.717) is 78.5 Å². The van der Waals surface area contributed by atoms with Crippen molar-refractivity contribution in [2.24, 2.45) is 0 Å². The Morgan fingerprint density at radius 1 is 0.480 bits per heavy atom. The number of benzene rings is 10. The summed E-state index contributed by atoms with van der Waals surface area (Å²) in [4.78, 5) is 69.1. The van der Waals surface area contributed by atoms with Crippen molar-refractivity contribution in [2.75, 3.05) is 132 Å². The van der Waals surface area contributed by atoms with Gasteiger partial charge >= 0.3 is 24.5 Å². The molecule has 6 atom stereocenters. The Morgan fingerprint density at radius 2 is 0.927 bits per heavy atom. The number of alkyl halides is 3. The van der Waals surface area contributed by atoms with Gasteiger partial charge in [-0.05, 0) is 293 Å². The molecule has 0 spiro atoms. The second-order valence-corrected chi connectivity index (χ2v) is 42.8. The van der Waals surface area contributed by atoms with E-state index in [1.165, 1.54) is 78.1 Å². The topological polar surface area (TPSA) is 260 Å². The lowest BCUT2D eigenvalue weighted by Gasteiger charge is -2.36. The van der Waals surface area contributed by atoms with Crippen molar-refractivity contribution in [3.05, 3.63) is 344 Å². The van der Waals surface area contributed by atoms with Crippen LogP contribution in [-0.4, -0.2) is 225 Å². The molecule has 1 fully saturated rings. The van der Waals surface area contributed by atoms with Gasteiger partial charge < -0.3 is 68.9 Å². The zero-order valence-electron chi connectivity index (χ0n) is 84.7. The fraction of sp³-hybridized carbons (Fsp3) is 0.348.